The molecule has 2 aliphatic rings. The molecule has 2 bridgehead atoms. The number of imidazole rings is 1. The van der Waals surface area contributed by atoms with Gasteiger partial charge in [-0.3, -0.25) is 4.90 Å². The molecule has 0 unspecified atom stereocenters. The van der Waals surface area contributed by atoms with Crippen molar-refractivity contribution in [2.75, 3.05) is 6.54 Å². The van der Waals surface area contributed by atoms with E-state index in [0.717, 1.165) is 13.0 Å². The third kappa shape index (κ3) is 1.98. The van der Waals surface area contributed by atoms with Crippen LogP contribution in [0.3, 0.4) is 0 Å². The van der Waals surface area contributed by atoms with Gasteiger partial charge >= 0.3 is 0 Å². The minimum Gasteiger partial charge on any atom is -0.348 e. The monoisotopic (exact) mass is 253 g/mol. The Kier molecular flexibility index (Phi) is 2.66. The number of hydrogen-bond acceptors (Lipinski definition) is 2. The lowest BCUT2D eigenvalue weighted by Crippen LogP contribution is -2.45. The lowest BCUT2D eigenvalue weighted by atomic mass is 9.80. The average molecular weight is 253 g/mol. The van der Waals surface area contributed by atoms with Gasteiger partial charge in [-0.25, -0.2) is 4.98 Å². The summed E-state index contributed by atoms with van der Waals surface area (Å²) in [5, 5.41) is 0. The zero-order chi connectivity index (χ0) is 12.7. The number of hydrogen-bond donors (Lipinski definition) is 1. The predicted molar refractivity (Wildman–Crippen MR) is 74.9 cm³/mol. The van der Waals surface area contributed by atoms with E-state index in [1.807, 2.05) is 6.33 Å². The average Bonchev–Trinajstić information content (AvgIpc) is 2.92. The van der Waals surface area contributed by atoms with E-state index in [9.17, 15) is 0 Å². The summed E-state index contributed by atoms with van der Waals surface area (Å²) in [5.74, 6) is 0.687. The first-order valence-electron chi connectivity index (χ1n) is 7.20. The van der Waals surface area contributed by atoms with Gasteiger partial charge in [0.25, 0.3) is 0 Å². The number of piperidine rings is 1. The van der Waals surface area contributed by atoms with E-state index >= 15 is 0 Å². The highest BCUT2D eigenvalue weighted by molar-refractivity contribution is 5.24. The van der Waals surface area contributed by atoms with Crippen LogP contribution < -0.4 is 0 Å². The van der Waals surface area contributed by atoms with E-state index < -0.39 is 0 Å². The summed E-state index contributed by atoms with van der Waals surface area (Å²) in [6.45, 7) is 2.29. The zero-order valence-corrected chi connectivity index (χ0v) is 11.0. The molecule has 98 valence electrons. The molecule has 0 amide bonds. The lowest BCUT2D eigenvalue weighted by molar-refractivity contribution is 0.115. The molecule has 2 heterocycles. The van der Waals surface area contributed by atoms with Crippen molar-refractivity contribution in [1.29, 1.82) is 0 Å². The van der Waals surface area contributed by atoms with Crippen molar-refractivity contribution < 1.29 is 0 Å². The molecule has 0 spiro atoms. The number of aromatic amines is 1. The number of rotatable bonds is 2. The summed E-state index contributed by atoms with van der Waals surface area (Å²) < 4.78 is 0. The molecule has 2 aromatic rings. The van der Waals surface area contributed by atoms with Gasteiger partial charge in [-0.05, 0) is 24.9 Å². The number of nitrogens with one attached hydrogen (secondary N) is 1. The van der Waals surface area contributed by atoms with Crippen LogP contribution in [0.5, 0.6) is 0 Å². The minimum atomic E-state index is 0.687. The van der Waals surface area contributed by atoms with Crippen LogP contribution in [-0.2, 0) is 13.0 Å². The van der Waals surface area contributed by atoms with Gasteiger partial charge in [0.15, 0.2) is 0 Å². The van der Waals surface area contributed by atoms with Gasteiger partial charge in [0.2, 0.25) is 0 Å². The number of fused-ring (bicyclic) bond motifs is 4. The Labute approximate surface area is 113 Å². The van der Waals surface area contributed by atoms with Gasteiger partial charge in [0, 0.05) is 30.6 Å². The Bertz CT molecular complexity index is 560. The first-order valence-corrected chi connectivity index (χ1v) is 7.20. The Hall–Kier alpha value is -1.61. The smallest absolute Gasteiger partial charge is 0.0925 e. The molecule has 0 saturated carbocycles. The molecule has 1 aliphatic carbocycles. The molecule has 0 radical (unpaired) electrons. The summed E-state index contributed by atoms with van der Waals surface area (Å²) in [6.07, 6.45) is 5.54. The van der Waals surface area contributed by atoms with Gasteiger partial charge in [0.05, 0.1) is 12.0 Å². The summed E-state index contributed by atoms with van der Waals surface area (Å²) in [4.78, 5) is 10.5. The van der Waals surface area contributed by atoms with E-state index in [4.69, 9.17) is 0 Å². The van der Waals surface area contributed by atoms with Gasteiger partial charge in [0.1, 0.15) is 0 Å². The molecule has 1 aliphatic heterocycles. The normalized spacial score (nSPS) is 26.1. The van der Waals surface area contributed by atoms with Crippen molar-refractivity contribution in [3.05, 3.63) is 53.6 Å². The molecule has 3 nitrogen and oxygen atoms in total. The van der Waals surface area contributed by atoms with Crippen LogP contribution in [0.2, 0.25) is 0 Å². The van der Waals surface area contributed by atoms with Crippen LogP contribution in [0.1, 0.15) is 35.7 Å². The summed E-state index contributed by atoms with van der Waals surface area (Å²) in [5.41, 5.74) is 4.14. The predicted octanol–water partition coefficient (Wildman–Crippen LogP) is 2.71. The second-order valence-corrected chi connectivity index (χ2v) is 5.80. The molecule has 1 aromatic heterocycles. The maximum Gasteiger partial charge on any atom is 0.0925 e. The molecular formula is C16H19N3. The topological polar surface area (TPSA) is 31.9 Å². The summed E-state index contributed by atoms with van der Waals surface area (Å²) in [6, 6.07) is 11.5. The number of likely N-dealkylation sites (tertiary alicyclic amines) is 1. The molecule has 1 saturated heterocycles. The van der Waals surface area contributed by atoms with Crippen molar-refractivity contribution in [2.45, 2.75) is 37.8 Å². The highest BCUT2D eigenvalue weighted by Gasteiger charge is 2.36. The lowest BCUT2D eigenvalue weighted by Gasteiger charge is -2.42. The number of H-pyrrole nitrogens is 1. The van der Waals surface area contributed by atoms with Crippen molar-refractivity contribution in [2.24, 2.45) is 0 Å². The van der Waals surface area contributed by atoms with E-state index in [2.05, 4.69) is 45.2 Å². The molecule has 1 N–H and O–H groups in total. The molecule has 3 heteroatoms. The minimum absolute atomic E-state index is 0.687. The van der Waals surface area contributed by atoms with E-state index in [-0.39, 0.29) is 0 Å². The fraction of sp³-hybridized carbons (Fsp3) is 0.438. The molecule has 19 heavy (non-hydrogen) atoms. The summed E-state index contributed by atoms with van der Waals surface area (Å²) >= 11 is 0. The van der Waals surface area contributed by atoms with Gasteiger partial charge in [-0.15, -0.1) is 0 Å². The molecule has 2 atom stereocenters. The Morgan fingerprint density at radius 3 is 3.05 bits per heavy atom. The van der Waals surface area contributed by atoms with Gasteiger partial charge in [-0.2, -0.15) is 0 Å². The van der Waals surface area contributed by atoms with Crippen LogP contribution in [-0.4, -0.2) is 27.5 Å². The summed E-state index contributed by atoms with van der Waals surface area (Å²) in [7, 11) is 0. The van der Waals surface area contributed by atoms with Crippen molar-refractivity contribution >= 4 is 0 Å². The van der Waals surface area contributed by atoms with Crippen molar-refractivity contribution in [3.8, 4) is 0 Å². The molecule has 4 rings (SSSR count). The fourth-order valence-electron chi connectivity index (χ4n) is 3.67. The number of benzene rings is 1. The second kappa shape index (κ2) is 4.49. The third-order valence-electron chi connectivity index (χ3n) is 4.64. The fourth-order valence-corrected chi connectivity index (χ4v) is 3.67. The standard InChI is InChI=1S/C16H19N3/c1-2-4-12(5-3-1)10-19-7-6-13-8-14(19)9-15-16(13)18-11-17-15/h1-5,11,13-14H,6-10H2,(H,17,18)/t13-,14+/m1/s1. The van der Waals surface area contributed by atoms with Crippen molar-refractivity contribution in [3.63, 3.8) is 0 Å². The zero-order valence-electron chi connectivity index (χ0n) is 11.0. The van der Waals surface area contributed by atoms with Gasteiger partial charge < -0.3 is 4.98 Å². The molecule has 1 aromatic carbocycles. The second-order valence-electron chi connectivity index (χ2n) is 5.80. The maximum absolute atomic E-state index is 4.51. The SMILES string of the molecule is c1ccc(CN2CC[C@@H]3C[C@H]2Cc2[nH]cnc23)cc1. The number of nitrogens with zero attached hydrogens (tertiary/aromatic N) is 2. The Morgan fingerprint density at radius 1 is 1.26 bits per heavy atom. The van der Waals surface area contributed by atoms with Crippen LogP contribution in [0.4, 0.5) is 0 Å². The van der Waals surface area contributed by atoms with E-state index in [1.165, 1.54) is 36.3 Å². The first-order chi connectivity index (χ1) is 9.40. The third-order valence-corrected chi connectivity index (χ3v) is 4.64. The van der Waals surface area contributed by atoms with Crippen molar-refractivity contribution in [1.82, 2.24) is 14.9 Å². The molecular weight excluding hydrogens is 234 g/mol. The highest BCUT2D eigenvalue weighted by atomic mass is 15.2. The van der Waals surface area contributed by atoms with Gasteiger partial charge in [-0.1, -0.05) is 30.3 Å². The number of aromatic nitrogens is 2. The maximum atomic E-state index is 4.51. The van der Waals surface area contributed by atoms with Crippen LogP contribution in [0.15, 0.2) is 36.7 Å². The largest absolute Gasteiger partial charge is 0.348 e. The Balaban J connectivity index is 1.55. The first kappa shape index (κ1) is 11.2. The highest BCUT2D eigenvalue weighted by Crippen LogP contribution is 2.38. The molecule has 1 fully saturated rings. The van der Waals surface area contributed by atoms with Crippen LogP contribution in [0.25, 0.3) is 0 Å². The van der Waals surface area contributed by atoms with Crippen LogP contribution in [0, 0.1) is 0 Å². The van der Waals surface area contributed by atoms with E-state index in [1.54, 1.807) is 0 Å². The van der Waals surface area contributed by atoms with E-state index in [0.29, 0.717) is 12.0 Å². The van der Waals surface area contributed by atoms with Crippen LogP contribution >= 0.6 is 0 Å². The Morgan fingerprint density at radius 2 is 2.16 bits per heavy atom. The quantitative estimate of drug-likeness (QED) is 0.892.